The smallest absolute Gasteiger partial charge is 0.254 e. The van der Waals surface area contributed by atoms with Crippen molar-refractivity contribution < 1.29 is 9.53 Å². The van der Waals surface area contributed by atoms with Crippen molar-refractivity contribution >= 4 is 17.6 Å². The molecule has 3 rings (SSSR count). The zero-order valence-electron chi connectivity index (χ0n) is 15.2. The molecule has 2 aromatic carbocycles. The molecule has 0 spiro atoms. The van der Waals surface area contributed by atoms with E-state index in [2.05, 4.69) is 15.3 Å². The standard InChI is InChI=1S/C21H21N3O2S/c1-3-13-24(14-17-7-5-4-6-8-17)21(25)18-9-11-19(12-10-18)26-15-20-16(2)22-27-23-20/h3-12H,1,13-15H2,2H3. The lowest BCUT2D eigenvalue weighted by atomic mass is 10.1. The zero-order valence-corrected chi connectivity index (χ0v) is 16.0. The molecule has 0 aliphatic rings. The van der Waals surface area contributed by atoms with Crippen molar-refractivity contribution in [1.29, 1.82) is 0 Å². The van der Waals surface area contributed by atoms with Crippen molar-refractivity contribution in [2.75, 3.05) is 6.54 Å². The van der Waals surface area contributed by atoms with Crippen LogP contribution in [0.15, 0.2) is 67.3 Å². The van der Waals surface area contributed by atoms with Crippen LogP contribution in [0.1, 0.15) is 27.3 Å². The van der Waals surface area contributed by atoms with Gasteiger partial charge in [0.1, 0.15) is 18.1 Å². The molecular weight excluding hydrogens is 358 g/mol. The second-order valence-corrected chi connectivity index (χ2v) is 6.60. The number of aryl methyl sites for hydroxylation is 1. The van der Waals surface area contributed by atoms with Crippen LogP contribution in [-0.2, 0) is 13.2 Å². The van der Waals surface area contributed by atoms with E-state index in [0.717, 1.165) is 17.0 Å². The van der Waals surface area contributed by atoms with Gasteiger partial charge in [0.15, 0.2) is 0 Å². The third-order valence-electron chi connectivity index (χ3n) is 4.08. The number of hydrogen-bond donors (Lipinski definition) is 0. The van der Waals surface area contributed by atoms with Gasteiger partial charge in [-0.3, -0.25) is 4.79 Å². The molecular formula is C21H21N3O2S. The van der Waals surface area contributed by atoms with Crippen LogP contribution in [0, 0.1) is 6.92 Å². The number of rotatable bonds is 8. The van der Waals surface area contributed by atoms with Crippen molar-refractivity contribution in [3.8, 4) is 5.75 Å². The molecule has 0 radical (unpaired) electrons. The van der Waals surface area contributed by atoms with Crippen LogP contribution in [0.4, 0.5) is 0 Å². The summed E-state index contributed by atoms with van der Waals surface area (Å²) in [4.78, 5) is 14.6. The molecule has 3 aromatic rings. The highest BCUT2D eigenvalue weighted by Crippen LogP contribution is 2.17. The van der Waals surface area contributed by atoms with Gasteiger partial charge in [-0.05, 0) is 36.8 Å². The molecule has 0 fully saturated rings. The predicted octanol–water partition coefficient (Wildman–Crippen LogP) is 4.25. The molecule has 0 bridgehead atoms. The Morgan fingerprint density at radius 1 is 1.15 bits per heavy atom. The van der Waals surface area contributed by atoms with Gasteiger partial charge in [0.25, 0.3) is 5.91 Å². The number of amides is 1. The molecule has 0 aliphatic heterocycles. The lowest BCUT2D eigenvalue weighted by Crippen LogP contribution is -2.30. The molecule has 0 N–H and O–H groups in total. The van der Waals surface area contributed by atoms with Crippen LogP contribution in [0.5, 0.6) is 5.75 Å². The van der Waals surface area contributed by atoms with E-state index >= 15 is 0 Å². The van der Waals surface area contributed by atoms with Crippen molar-refractivity contribution in [2.45, 2.75) is 20.1 Å². The summed E-state index contributed by atoms with van der Waals surface area (Å²) in [6.45, 7) is 7.07. The van der Waals surface area contributed by atoms with Crippen LogP contribution in [0.2, 0.25) is 0 Å². The molecule has 1 heterocycles. The molecule has 1 amide bonds. The van der Waals surface area contributed by atoms with Gasteiger partial charge < -0.3 is 9.64 Å². The Morgan fingerprint density at radius 2 is 1.89 bits per heavy atom. The molecule has 6 heteroatoms. The first-order valence-corrected chi connectivity index (χ1v) is 9.35. The Morgan fingerprint density at radius 3 is 2.52 bits per heavy atom. The third-order valence-corrected chi connectivity index (χ3v) is 4.73. The minimum absolute atomic E-state index is 0.0372. The molecule has 138 valence electrons. The van der Waals surface area contributed by atoms with E-state index < -0.39 is 0 Å². The van der Waals surface area contributed by atoms with Crippen LogP contribution < -0.4 is 4.74 Å². The number of benzene rings is 2. The van der Waals surface area contributed by atoms with Crippen LogP contribution in [0.3, 0.4) is 0 Å². The van der Waals surface area contributed by atoms with Gasteiger partial charge in [-0.2, -0.15) is 8.75 Å². The summed E-state index contributed by atoms with van der Waals surface area (Å²) in [5.74, 6) is 0.655. The lowest BCUT2D eigenvalue weighted by Gasteiger charge is -2.21. The number of aromatic nitrogens is 2. The summed E-state index contributed by atoms with van der Waals surface area (Å²) in [6.07, 6.45) is 1.74. The van der Waals surface area contributed by atoms with Crippen molar-refractivity contribution in [2.24, 2.45) is 0 Å². The van der Waals surface area contributed by atoms with Crippen LogP contribution in [-0.4, -0.2) is 26.1 Å². The number of carbonyl (C=O) groups excluding carboxylic acids is 1. The van der Waals surface area contributed by atoms with Gasteiger partial charge in [0.05, 0.1) is 17.4 Å². The van der Waals surface area contributed by atoms with Crippen LogP contribution in [0.25, 0.3) is 0 Å². The predicted molar refractivity (Wildman–Crippen MR) is 107 cm³/mol. The Kier molecular flexibility index (Phi) is 6.33. The fraction of sp³-hybridized carbons (Fsp3) is 0.190. The van der Waals surface area contributed by atoms with Crippen molar-refractivity contribution in [3.63, 3.8) is 0 Å². The van der Waals surface area contributed by atoms with Crippen LogP contribution >= 0.6 is 11.7 Å². The molecule has 1 aromatic heterocycles. The van der Waals surface area contributed by atoms with Gasteiger partial charge >= 0.3 is 0 Å². The third kappa shape index (κ3) is 5.01. The van der Waals surface area contributed by atoms with Gasteiger partial charge in [0, 0.05) is 18.7 Å². The van der Waals surface area contributed by atoms with E-state index in [1.165, 1.54) is 11.7 Å². The first-order valence-electron chi connectivity index (χ1n) is 8.62. The minimum Gasteiger partial charge on any atom is -0.487 e. The highest BCUT2D eigenvalue weighted by Gasteiger charge is 2.15. The van der Waals surface area contributed by atoms with Crippen molar-refractivity contribution in [1.82, 2.24) is 13.6 Å². The fourth-order valence-corrected chi connectivity index (χ4v) is 3.14. The topological polar surface area (TPSA) is 55.3 Å². The fourth-order valence-electron chi connectivity index (χ4n) is 2.59. The average Bonchev–Trinajstić information content (AvgIpc) is 3.11. The lowest BCUT2D eigenvalue weighted by molar-refractivity contribution is 0.0762. The number of carbonyl (C=O) groups is 1. The van der Waals surface area contributed by atoms with E-state index in [1.807, 2.05) is 37.3 Å². The number of nitrogens with zero attached hydrogens (tertiary/aromatic N) is 3. The Labute approximate surface area is 163 Å². The highest BCUT2D eigenvalue weighted by molar-refractivity contribution is 6.99. The monoisotopic (exact) mass is 379 g/mol. The van der Waals surface area contributed by atoms with Gasteiger partial charge in [0.2, 0.25) is 0 Å². The molecule has 5 nitrogen and oxygen atoms in total. The first kappa shape index (κ1) is 18.8. The molecule has 0 aliphatic carbocycles. The minimum atomic E-state index is -0.0372. The average molecular weight is 379 g/mol. The highest BCUT2D eigenvalue weighted by atomic mass is 32.1. The number of hydrogen-bond acceptors (Lipinski definition) is 5. The summed E-state index contributed by atoms with van der Waals surface area (Å²) in [6, 6.07) is 17.1. The zero-order chi connectivity index (χ0) is 19.1. The maximum atomic E-state index is 12.9. The first-order chi connectivity index (χ1) is 13.2. The van der Waals surface area contributed by atoms with E-state index in [-0.39, 0.29) is 5.91 Å². The maximum Gasteiger partial charge on any atom is 0.254 e. The summed E-state index contributed by atoms with van der Waals surface area (Å²) in [5, 5.41) is 0. The van der Waals surface area contributed by atoms with Gasteiger partial charge in [-0.25, -0.2) is 0 Å². The second kappa shape index (κ2) is 9.09. The molecule has 0 saturated carbocycles. The Hall–Kier alpha value is -2.99. The molecule has 0 unspecified atom stereocenters. The summed E-state index contributed by atoms with van der Waals surface area (Å²) >= 11 is 1.18. The molecule has 27 heavy (non-hydrogen) atoms. The normalized spacial score (nSPS) is 10.4. The van der Waals surface area contributed by atoms with E-state index in [1.54, 1.807) is 35.2 Å². The van der Waals surface area contributed by atoms with Crippen molar-refractivity contribution in [3.05, 3.63) is 89.8 Å². The SMILES string of the molecule is C=CCN(Cc1ccccc1)C(=O)c1ccc(OCc2nsnc2C)cc1. The van der Waals surface area contributed by atoms with Gasteiger partial charge in [-0.15, -0.1) is 6.58 Å². The quantitative estimate of drug-likeness (QED) is 0.549. The number of ether oxygens (including phenoxy) is 1. The Balaban J connectivity index is 1.65. The van der Waals surface area contributed by atoms with E-state index in [9.17, 15) is 4.79 Å². The Bertz CT molecular complexity index is 891. The summed E-state index contributed by atoms with van der Waals surface area (Å²) < 4.78 is 14.1. The maximum absolute atomic E-state index is 12.9. The van der Waals surface area contributed by atoms with E-state index in [0.29, 0.717) is 31.0 Å². The van der Waals surface area contributed by atoms with Gasteiger partial charge in [-0.1, -0.05) is 36.4 Å². The molecule has 0 atom stereocenters. The largest absolute Gasteiger partial charge is 0.487 e. The summed E-state index contributed by atoms with van der Waals surface area (Å²) in [7, 11) is 0. The van der Waals surface area contributed by atoms with E-state index in [4.69, 9.17) is 4.74 Å². The second-order valence-electron chi connectivity index (χ2n) is 6.07. The summed E-state index contributed by atoms with van der Waals surface area (Å²) in [5.41, 5.74) is 3.42. The molecule has 0 saturated heterocycles.